The Morgan fingerprint density at radius 1 is 1.26 bits per heavy atom. The molecule has 2 amide bonds. The lowest BCUT2D eigenvalue weighted by Gasteiger charge is -2.62. The Kier molecular flexibility index (Phi) is 7.89. The average molecular weight is 610 g/mol. The number of hydrogen-bond acceptors (Lipinski definition) is 7. The summed E-state index contributed by atoms with van der Waals surface area (Å²) in [4.78, 5) is 61.3. The van der Waals surface area contributed by atoms with Gasteiger partial charge in [-0.2, -0.15) is 0 Å². The summed E-state index contributed by atoms with van der Waals surface area (Å²) in [6.07, 6.45) is 8.56. The smallest absolute Gasteiger partial charge is 0.258 e. The Bertz CT molecular complexity index is 1470. The van der Waals surface area contributed by atoms with Crippen LogP contribution in [0.3, 0.4) is 0 Å². The van der Waals surface area contributed by atoms with Crippen molar-refractivity contribution in [1.29, 1.82) is 5.41 Å². The number of halogens is 2. The maximum absolute atomic E-state index is 13.8. The summed E-state index contributed by atoms with van der Waals surface area (Å²) in [6, 6.07) is 4.36. The predicted octanol–water partition coefficient (Wildman–Crippen LogP) is 3.71. The van der Waals surface area contributed by atoms with Gasteiger partial charge in [0.05, 0.1) is 22.8 Å². The predicted molar refractivity (Wildman–Crippen MR) is 159 cm³/mol. The Balaban J connectivity index is 1.25. The van der Waals surface area contributed by atoms with E-state index in [-0.39, 0.29) is 59.9 Å². The van der Waals surface area contributed by atoms with Crippen LogP contribution < -0.4 is 0 Å². The molecule has 1 aromatic carbocycles. The van der Waals surface area contributed by atoms with E-state index in [2.05, 4.69) is 9.80 Å². The molecule has 3 aliphatic heterocycles. The quantitative estimate of drug-likeness (QED) is 0.219. The number of Topliss-reactive ketones (excluding diaryl/α,β-unsaturated/α-hetero) is 2. The van der Waals surface area contributed by atoms with Crippen LogP contribution in [0.4, 0.5) is 4.39 Å². The number of hydrogen-bond donors (Lipinski definition) is 1. The molecule has 5 aliphatic rings. The fourth-order valence-corrected chi connectivity index (χ4v) is 7.75. The van der Waals surface area contributed by atoms with Crippen LogP contribution in [0.1, 0.15) is 57.4 Å². The minimum Gasteiger partial charge on any atom is -0.334 e. The second kappa shape index (κ2) is 11.4. The van der Waals surface area contributed by atoms with Gasteiger partial charge in [0.2, 0.25) is 17.5 Å². The van der Waals surface area contributed by atoms with E-state index >= 15 is 0 Å². The van der Waals surface area contributed by atoms with Gasteiger partial charge < -0.3 is 9.80 Å². The van der Waals surface area contributed by atoms with E-state index in [0.29, 0.717) is 25.1 Å². The first-order chi connectivity index (χ1) is 20.6. The largest absolute Gasteiger partial charge is 0.334 e. The minimum atomic E-state index is -0.718. The molecule has 6 rings (SSSR count). The van der Waals surface area contributed by atoms with Gasteiger partial charge in [0, 0.05) is 45.2 Å². The number of carbonyl (C=O) groups is 4. The summed E-state index contributed by atoms with van der Waals surface area (Å²) in [6.45, 7) is 3.01. The first-order valence-electron chi connectivity index (χ1n) is 15.2. The van der Waals surface area contributed by atoms with E-state index in [9.17, 15) is 23.6 Å². The van der Waals surface area contributed by atoms with Crippen molar-refractivity contribution in [3.63, 3.8) is 0 Å². The van der Waals surface area contributed by atoms with Crippen LogP contribution in [0.25, 0.3) is 0 Å². The second-order valence-electron chi connectivity index (χ2n) is 12.3. The lowest BCUT2D eigenvalue weighted by molar-refractivity contribution is -0.167. The maximum atomic E-state index is 13.8. The summed E-state index contributed by atoms with van der Waals surface area (Å²) in [5.74, 6) is -2.09. The molecule has 3 unspecified atom stereocenters. The number of fused-ring (bicyclic) bond motifs is 5. The zero-order chi connectivity index (χ0) is 30.6. The fourth-order valence-electron chi connectivity index (χ4n) is 7.55. The van der Waals surface area contributed by atoms with Gasteiger partial charge in [0.15, 0.2) is 0 Å². The standard InChI is InChI=1S/C32H37ClFN5O4/c1-3-4-6-26(35)36(2)27(41)10-14-38-24-16-21(24)29-20-9-13-37(17-19-7-8-23(34)22(33)15-19)31(43)28(20)30(42)25(40)18-39(29)32(38)11-5-12-32/h4,6-8,15,21,24,29,35H,3,5,9-14,16-18H2,1-2H3/b6-4-,35-26?. The topological polar surface area (TPSA) is 105 Å². The molecule has 1 aromatic rings. The van der Waals surface area contributed by atoms with Gasteiger partial charge in [-0.15, -0.1) is 0 Å². The molecule has 3 heterocycles. The number of nitrogens with zero attached hydrogens (tertiary/aromatic N) is 4. The van der Waals surface area contributed by atoms with E-state index in [1.54, 1.807) is 24.1 Å². The van der Waals surface area contributed by atoms with Gasteiger partial charge in [-0.05, 0) is 73.8 Å². The van der Waals surface area contributed by atoms with Crippen molar-refractivity contribution in [2.45, 2.75) is 76.2 Å². The highest BCUT2D eigenvalue weighted by atomic mass is 35.5. The number of benzene rings is 1. The van der Waals surface area contributed by atoms with Crippen LogP contribution in [0.15, 0.2) is 41.5 Å². The summed E-state index contributed by atoms with van der Waals surface area (Å²) in [7, 11) is 1.62. The lowest BCUT2D eigenvalue weighted by Crippen LogP contribution is -2.72. The SMILES string of the molecule is CC/C=C\C(=N)N(C)C(=O)CCN1C2CC2C2C3=C(C(=O)C(=O)CN2C12CCC2)C(=O)N(Cc1ccc(F)c(Cl)c1)CC3. The third-order valence-electron chi connectivity index (χ3n) is 9.97. The van der Waals surface area contributed by atoms with Crippen LogP contribution in [0.2, 0.25) is 5.02 Å². The molecule has 0 aromatic heterocycles. The Hall–Kier alpha value is -3.21. The van der Waals surface area contributed by atoms with Crippen LogP contribution in [-0.2, 0) is 25.7 Å². The highest BCUT2D eigenvalue weighted by Crippen LogP contribution is 2.59. The number of rotatable bonds is 7. The fraction of sp³-hybridized carbons (Fsp3) is 0.531. The molecule has 1 N–H and O–H groups in total. The van der Waals surface area contributed by atoms with Crippen molar-refractivity contribution in [1.82, 2.24) is 19.6 Å². The van der Waals surface area contributed by atoms with Crippen LogP contribution in [0, 0.1) is 17.1 Å². The van der Waals surface area contributed by atoms with Gasteiger partial charge in [-0.3, -0.25) is 34.4 Å². The summed E-state index contributed by atoms with van der Waals surface area (Å²) in [5.41, 5.74) is 1.01. The third-order valence-corrected chi connectivity index (χ3v) is 10.3. The highest BCUT2D eigenvalue weighted by Gasteiger charge is 2.66. The molecule has 0 bridgehead atoms. The monoisotopic (exact) mass is 609 g/mol. The van der Waals surface area contributed by atoms with Gasteiger partial charge in [-0.1, -0.05) is 30.7 Å². The third kappa shape index (κ3) is 5.07. The highest BCUT2D eigenvalue weighted by molar-refractivity contribution is 6.50. The van der Waals surface area contributed by atoms with Crippen LogP contribution in [0.5, 0.6) is 0 Å². The van der Waals surface area contributed by atoms with E-state index in [0.717, 1.165) is 37.7 Å². The number of allylic oxidation sites excluding steroid dienone is 1. The second-order valence-corrected chi connectivity index (χ2v) is 12.8. The average Bonchev–Trinajstić information content (AvgIpc) is 3.76. The number of likely N-dealkylation sites (N-methyl/N-ethyl adjacent to an activating group) is 1. The minimum absolute atomic E-state index is 0.0148. The molecular weight excluding hydrogens is 573 g/mol. The Morgan fingerprint density at radius 3 is 2.70 bits per heavy atom. The van der Waals surface area contributed by atoms with Gasteiger partial charge in [0.1, 0.15) is 11.7 Å². The van der Waals surface area contributed by atoms with E-state index in [1.165, 1.54) is 17.0 Å². The molecule has 1 saturated heterocycles. The van der Waals surface area contributed by atoms with Gasteiger partial charge in [0.25, 0.3) is 5.91 Å². The van der Waals surface area contributed by atoms with E-state index in [4.69, 9.17) is 17.0 Å². The zero-order valence-corrected chi connectivity index (χ0v) is 25.3. The summed E-state index contributed by atoms with van der Waals surface area (Å²) in [5, 5.41) is 8.15. The maximum Gasteiger partial charge on any atom is 0.258 e. The van der Waals surface area contributed by atoms with Crippen molar-refractivity contribution in [3.05, 3.63) is 57.9 Å². The molecule has 2 aliphatic carbocycles. The lowest BCUT2D eigenvalue weighted by atomic mass is 9.76. The Labute approximate surface area is 255 Å². The molecule has 0 radical (unpaired) electrons. The molecule has 9 nitrogen and oxygen atoms in total. The number of amides is 2. The number of nitrogens with one attached hydrogen (secondary N) is 1. The number of amidine groups is 1. The van der Waals surface area contributed by atoms with E-state index < -0.39 is 29.0 Å². The molecule has 1 spiro atoms. The zero-order valence-electron chi connectivity index (χ0n) is 24.6. The number of ketones is 2. The van der Waals surface area contributed by atoms with Crippen molar-refractivity contribution in [2.24, 2.45) is 5.92 Å². The normalized spacial score (nSPS) is 26.7. The molecule has 3 fully saturated rings. The first-order valence-corrected chi connectivity index (χ1v) is 15.5. The first kappa shape index (κ1) is 29.8. The van der Waals surface area contributed by atoms with Crippen molar-refractivity contribution in [3.8, 4) is 0 Å². The Morgan fingerprint density at radius 2 is 2.02 bits per heavy atom. The van der Waals surface area contributed by atoms with Crippen molar-refractivity contribution >= 4 is 40.8 Å². The molecule has 11 heteroatoms. The summed E-state index contributed by atoms with van der Waals surface area (Å²) >= 11 is 5.96. The van der Waals surface area contributed by atoms with Crippen molar-refractivity contribution in [2.75, 3.05) is 26.7 Å². The van der Waals surface area contributed by atoms with Crippen molar-refractivity contribution < 1.29 is 23.6 Å². The molecular formula is C32H37ClFN5O4. The molecule has 43 heavy (non-hydrogen) atoms. The molecule has 2 saturated carbocycles. The van der Waals surface area contributed by atoms with E-state index in [1.807, 2.05) is 13.0 Å². The molecule has 3 atom stereocenters. The van der Waals surface area contributed by atoms with Crippen LogP contribution in [-0.4, -0.2) is 93.2 Å². The molecule has 228 valence electrons. The van der Waals surface area contributed by atoms with Gasteiger partial charge >= 0.3 is 0 Å². The van der Waals surface area contributed by atoms with Crippen LogP contribution >= 0.6 is 11.6 Å². The van der Waals surface area contributed by atoms with Gasteiger partial charge in [-0.25, -0.2) is 4.39 Å². The number of carbonyl (C=O) groups excluding carboxylic acids is 4. The summed E-state index contributed by atoms with van der Waals surface area (Å²) < 4.78 is 13.7.